The molecular weight excluding hydrogens is 242 g/mol. The zero-order valence-electron chi connectivity index (χ0n) is 7.99. The van der Waals surface area contributed by atoms with E-state index in [1.807, 2.05) is 0 Å². The molecule has 1 aliphatic rings. The van der Waals surface area contributed by atoms with Crippen molar-refractivity contribution in [3.05, 3.63) is 34.3 Å². The van der Waals surface area contributed by atoms with Gasteiger partial charge in [0, 0.05) is 24.1 Å². The van der Waals surface area contributed by atoms with Crippen molar-refractivity contribution < 1.29 is 5.11 Å². The Kier molecular flexibility index (Phi) is 3.21. The Balaban J connectivity index is 1.94. The van der Waals surface area contributed by atoms with Crippen LogP contribution in [0.3, 0.4) is 0 Å². The molecule has 1 heterocycles. The first-order chi connectivity index (χ1) is 6.74. The molecule has 0 spiro atoms. The zero-order chi connectivity index (χ0) is 9.97. The van der Waals surface area contributed by atoms with Gasteiger partial charge in [0.05, 0.1) is 6.10 Å². The van der Waals surface area contributed by atoms with Crippen LogP contribution in [0.2, 0.25) is 0 Å². The Bertz CT molecular complexity index is 299. The minimum Gasteiger partial charge on any atom is -0.392 e. The van der Waals surface area contributed by atoms with Crippen LogP contribution in [-0.2, 0) is 6.54 Å². The van der Waals surface area contributed by atoms with Crippen LogP contribution in [0, 0.1) is 0 Å². The molecule has 1 atom stereocenters. The second-order valence-corrected chi connectivity index (χ2v) is 4.72. The summed E-state index contributed by atoms with van der Waals surface area (Å²) in [5, 5.41) is 9.37. The molecule has 3 heteroatoms. The van der Waals surface area contributed by atoms with Gasteiger partial charge in [0.2, 0.25) is 0 Å². The van der Waals surface area contributed by atoms with Gasteiger partial charge in [-0.25, -0.2) is 0 Å². The molecular formula is C11H14BrNO. The first-order valence-corrected chi connectivity index (χ1v) is 5.68. The highest BCUT2D eigenvalue weighted by Crippen LogP contribution is 2.15. The van der Waals surface area contributed by atoms with Gasteiger partial charge in [-0.3, -0.25) is 4.90 Å². The molecule has 0 amide bonds. The fourth-order valence-corrected chi connectivity index (χ4v) is 2.07. The number of aliphatic hydroxyl groups is 1. The van der Waals surface area contributed by atoms with E-state index in [1.165, 1.54) is 5.56 Å². The van der Waals surface area contributed by atoms with E-state index >= 15 is 0 Å². The van der Waals surface area contributed by atoms with Crippen LogP contribution in [0.15, 0.2) is 28.7 Å². The third kappa shape index (κ3) is 2.56. The summed E-state index contributed by atoms with van der Waals surface area (Å²) in [4.78, 5) is 2.29. The van der Waals surface area contributed by atoms with Gasteiger partial charge in [-0.15, -0.1) is 0 Å². The molecule has 0 saturated carbocycles. The van der Waals surface area contributed by atoms with Gasteiger partial charge in [0.25, 0.3) is 0 Å². The number of hydrogen-bond donors (Lipinski definition) is 1. The second kappa shape index (κ2) is 4.43. The summed E-state index contributed by atoms with van der Waals surface area (Å²) in [5.74, 6) is 0. The van der Waals surface area contributed by atoms with Crippen molar-refractivity contribution in [2.24, 2.45) is 0 Å². The summed E-state index contributed by atoms with van der Waals surface area (Å²) in [7, 11) is 0. The van der Waals surface area contributed by atoms with Gasteiger partial charge < -0.3 is 5.11 Å². The van der Waals surface area contributed by atoms with E-state index in [0.717, 1.165) is 30.5 Å². The van der Waals surface area contributed by atoms with Gasteiger partial charge in [0.1, 0.15) is 0 Å². The SMILES string of the molecule is O[C@H]1CCN(Cc2ccc(Br)cc2)C1. The summed E-state index contributed by atoms with van der Waals surface area (Å²) in [6.45, 7) is 2.78. The number of benzene rings is 1. The van der Waals surface area contributed by atoms with Gasteiger partial charge in [-0.2, -0.15) is 0 Å². The topological polar surface area (TPSA) is 23.5 Å². The van der Waals surface area contributed by atoms with Crippen LogP contribution in [-0.4, -0.2) is 29.2 Å². The first-order valence-electron chi connectivity index (χ1n) is 4.89. The molecule has 1 aromatic carbocycles. The summed E-state index contributed by atoms with van der Waals surface area (Å²) in [6.07, 6.45) is 0.793. The van der Waals surface area contributed by atoms with Crippen molar-refractivity contribution in [3.63, 3.8) is 0 Å². The van der Waals surface area contributed by atoms with Crippen LogP contribution in [0.4, 0.5) is 0 Å². The Hall–Kier alpha value is -0.380. The summed E-state index contributed by atoms with van der Waals surface area (Å²) < 4.78 is 1.11. The molecule has 2 rings (SSSR count). The van der Waals surface area contributed by atoms with Gasteiger partial charge in [0.15, 0.2) is 0 Å². The van der Waals surface area contributed by atoms with Crippen LogP contribution in [0.5, 0.6) is 0 Å². The largest absolute Gasteiger partial charge is 0.392 e. The predicted octanol–water partition coefficient (Wildman–Crippen LogP) is 2.02. The molecule has 0 aromatic heterocycles. The second-order valence-electron chi connectivity index (χ2n) is 3.80. The Morgan fingerprint density at radius 2 is 2.07 bits per heavy atom. The number of β-amino-alcohol motifs (C(OH)–C–C–N with tert-alkyl or cyclic N) is 1. The van der Waals surface area contributed by atoms with Crippen molar-refractivity contribution in [3.8, 4) is 0 Å². The Labute approximate surface area is 92.7 Å². The summed E-state index contributed by atoms with van der Waals surface area (Å²) >= 11 is 3.41. The number of nitrogens with zero attached hydrogens (tertiary/aromatic N) is 1. The lowest BCUT2D eigenvalue weighted by Crippen LogP contribution is -2.21. The van der Waals surface area contributed by atoms with E-state index < -0.39 is 0 Å². The fraction of sp³-hybridized carbons (Fsp3) is 0.455. The predicted molar refractivity (Wildman–Crippen MR) is 60.0 cm³/mol. The summed E-state index contributed by atoms with van der Waals surface area (Å²) in [6, 6.07) is 8.35. The molecule has 76 valence electrons. The zero-order valence-corrected chi connectivity index (χ0v) is 9.57. The number of rotatable bonds is 2. The van der Waals surface area contributed by atoms with Crippen molar-refractivity contribution in [2.45, 2.75) is 19.1 Å². The van der Waals surface area contributed by atoms with Crippen molar-refractivity contribution in [1.29, 1.82) is 0 Å². The van der Waals surface area contributed by atoms with Crippen molar-refractivity contribution >= 4 is 15.9 Å². The smallest absolute Gasteiger partial charge is 0.0679 e. The third-order valence-electron chi connectivity index (χ3n) is 2.57. The molecule has 1 aromatic rings. The molecule has 1 saturated heterocycles. The maximum absolute atomic E-state index is 9.37. The van der Waals surface area contributed by atoms with Gasteiger partial charge in [-0.1, -0.05) is 28.1 Å². The monoisotopic (exact) mass is 255 g/mol. The maximum Gasteiger partial charge on any atom is 0.0679 e. The third-order valence-corrected chi connectivity index (χ3v) is 3.10. The summed E-state index contributed by atoms with van der Waals surface area (Å²) in [5.41, 5.74) is 1.31. The quantitative estimate of drug-likeness (QED) is 0.875. The highest BCUT2D eigenvalue weighted by atomic mass is 79.9. The van der Waals surface area contributed by atoms with E-state index in [9.17, 15) is 5.11 Å². The number of halogens is 1. The average Bonchev–Trinajstić information content (AvgIpc) is 2.56. The number of hydrogen-bond acceptors (Lipinski definition) is 2. The van der Waals surface area contributed by atoms with Crippen LogP contribution < -0.4 is 0 Å². The molecule has 1 aliphatic heterocycles. The minimum absolute atomic E-state index is 0.120. The lowest BCUT2D eigenvalue weighted by atomic mass is 10.2. The molecule has 0 bridgehead atoms. The molecule has 0 radical (unpaired) electrons. The van der Waals surface area contributed by atoms with Gasteiger partial charge >= 0.3 is 0 Å². The van der Waals surface area contributed by atoms with E-state index in [4.69, 9.17) is 0 Å². The molecule has 14 heavy (non-hydrogen) atoms. The van der Waals surface area contributed by atoms with Crippen molar-refractivity contribution in [1.82, 2.24) is 4.90 Å². The van der Waals surface area contributed by atoms with Crippen LogP contribution in [0.1, 0.15) is 12.0 Å². The average molecular weight is 256 g/mol. The van der Waals surface area contributed by atoms with E-state index in [1.54, 1.807) is 0 Å². The maximum atomic E-state index is 9.37. The van der Waals surface area contributed by atoms with Crippen LogP contribution in [0.25, 0.3) is 0 Å². The lowest BCUT2D eigenvalue weighted by molar-refractivity contribution is 0.175. The van der Waals surface area contributed by atoms with E-state index in [2.05, 4.69) is 45.1 Å². The molecule has 1 N–H and O–H groups in total. The molecule has 0 aliphatic carbocycles. The highest BCUT2D eigenvalue weighted by Gasteiger charge is 2.19. The van der Waals surface area contributed by atoms with Crippen molar-refractivity contribution in [2.75, 3.05) is 13.1 Å². The van der Waals surface area contributed by atoms with Crippen LogP contribution >= 0.6 is 15.9 Å². The van der Waals surface area contributed by atoms with E-state index in [-0.39, 0.29) is 6.10 Å². The van der Waals surface area contributed by atoms with E-state index in [0.29, 0.717) is 0 Å². The Morgan fingerprint density at radius 3 is 2.64 bits per heavy atom. The van der Waals surface area contributed by atoms with Gasteiger partial charge in [-0.05, 0) is 24.1 Å². The standard InChI is InChI=1S/C11H14BrNO/c12-10-3-1-9(2-4-10)7-13-6-5-11(14)8-13/h1-4,11,14H,5-8H2/t11-/m0/s1. The highest BCUT2D eigenvalue weighted by molar-refractivity contribution is 9.10. The number of likely N-dealkylation sites (tertiary alicyclic amines) is 1. The molecule has 1 fully saturated rings. The molecule has 2 nitrogen and oxygen atoms in total. The normalized spacial score (nSPS) is 22.9. The Morgan fingerprint density at radius 1 is 1.36 bits per heavy atom. The lowest BCUT2D eigenvalue weighted by Gasteiger charge is -2.14. The fourth-order valence-electron chi connectivity index (χ4n) is 1.80. The minimum atomic E-state index is -0.120. The first kappa shape index (κ1) is 10.1. The molecule has 0 unspecified atom stereocenters. The number of aliphatic hydroxyl groups excluding tert-OH is 1.